The van der Waals surface area contributed by atoms with Crippen LogP contribution < -0.4 is 4.74 Å². The van der Waals surface area contributed by atoms with Crippen molar-refractivity contribution in [2.45, 2.75) is 25.7 Å². The molecule has 0 bridgehead atoms. The number of Topliss-reactive ketones (excluding diaryl/α,β-unsaturated/α-hetero) is 1. The summed E-state index contributed by atoms with van der Waals surface area (Å²) in [5.74, 6) is 1.30. The average molecular weight is 280 g/mol. The highest BCUT2D eigenvalue weighted by molar-refractivity contribution is 6.00. The molecule has 1 unspecified atom stereocenters. The summed E-state index contributed by atoms with van der Waals surface area (Å²) in [5.41, 5.74) is 3.33. The molecule has 0 saturated heterocycles. The van der Waals surface area contributed by atoms with Gasteiger partial charge in [0.05, 0.1) is 7.11 Å². The number of ether oxygens (including phenoxy) is 1. The van der Waals surface area contributed by atoms with E-state index in [0.29, 0.717) is 5.78 Å². The van der Waals surface area contributed by atoms with Crippen molar-refractivity contribution < 1.29 is 9.53 Å². The molecule has 0 aliphatic heterocycles. The molecule has 1 atom stereocenters. The highest BCUT2D eigenvalue weighted by Gasteiger charge is 2.27. The molecule has 108 valence electrons. The third-order valence-corrected chi connectivity index (χ3v) is 4.34. The van der Waals surface area contributed by atoms with Crippen LogP contribution in [0, 0.1) is 5.92 Å². The van der Waals surface area contributed by atoms with Gasteiger partial charge in [0.2, 0.25) is 0 Å². The van der Waals surface area contributed by atoms with Crippen LogP contribution in [0.25, 0.3) is 0 Å². The van der Waals surface area contributed by atoms with Gasteiger partial charge < -0.3 is 4.74 Å². The molecule has 21 heavy (non-hydrogen) atoms. The first kappa shape index (κ1) is 13.9. The van der Waals surface area contributed by atoms with E-state index in [1.807, 2.05) is 24.3 Å². The highest BCUT2D eigenvalue weighted by atomic mass is 16.5. The Labute approximate surface area is 125 Å². The van der Waals surface area contributed by atoms with Gasteiger partial charge in [0.1, 0.15) is 5.75 Å². The van der Waals surface area contributed by atoms with Gasteiger partial charge in [-0.25, -0.2) is 0 Å². The molecule has 3 rings (SSSR count). The third kappa shape index (κ3) is 2.99. The Morgan fingerprint density at radius 3 is 2.71 bits per heavy atom. The van der Waals surface area contributed by atoms with E-state index < -0.39 is 0 Å². The summed E-state index contributed by atoms with van der Waals surface area (Å²) >= 11 is 0. The van der Waals surface area contributed by atoms with Crippen molar-refractivity contribution in [3.8, 4) is 5.75 Å². The molecular weight excluding hydrogens is 260 g/mol. The summed E-state index contributed by atoms with van der Waals surface area (Å²) in [6, 6.07) is 16.2. The van der Waals surface area contributed by atoms with Gasteiger partial charge in [-0.1, -0.05) is 30.3 Å². The van der Waals surface area contributed by atoms with Crippen LogP contribution in [0.4, 0.5) is 0 Å². The van der Waals surface area contributed by atoms with Crippen LogP contribution in [-0.2, 0) is 12.8 Å². The minimum absolute atomic E-state index is 0.158. The molecule has 1 aliphatic rings. The maximum atomic E-state index is 12.6. The summed E-state index contributed by atoms with van der Waals surface area (Å²) in [6.45, 7) is 0. The Morgan fingerprint density at radius 1 is 1.14 bits per heavy atom. The SMILES string of the molecule is COc1ccc2c(c1)CCC(CCc1ccccc1)C2=O. The lowest BCUT2D eigenvalue weighted by Crippen LogP contribution is -2.23. The van der Waals surface area contributed by atoms with E-state index in [2.05, 4.69) is 24.3 Å². The van der Waals surface area contributed by atoms with Gasteiger partial charge in [0, 0.05) is 11.5 Å². The van der Waals surface area contributed by atoms with Crippen molar-refractivity contribution >= 4 is 5.78 Å². The molecular formula is C19H20O2. The zero-order valence-electron chi connectivity index (χ0n) is 12.3. The Bertz CT molecular complexity index is 631. The van der Waals surface area contributed by atoms with Crippen LogP contribution in [0.3, 0.4) is 0 Å². The number of aryl methyl sites for hydroxylation is 2. The number of ketones is 1. The first-order chi connectivity index (χ1) is 10.3. The van der Waals surface area contributed by atoms with Crippen LogP contribution in [-0.4, -0.2) is 12.9 Å². The zero-order chi connectivity index (χ0) is 14.7. The fraction of sp³-hybridized carbons (Fsp3) is 0.316. The van der Waals surface area contributed by atoms with Crippen molar-refractivity contribution in [2.75, 3.05) is 7.11 Å². The molecule has 2 heteroatoms. The van der Waals surface area contributed by atoms with E-state index in [0.717, 1.165) is 42.6 Å². The standard InChI is InChI=1S/C19H20O2/c1-21-17-11-12-18-16(13-17)10-9-15(19(18)20)8-7-14-5-3-2-4-6-14/h2-6,11-13,15H,7-10H2,1H3. The molecule has 0 N–H and O–H groups in total. The Kier molecular flexibility index (Phi) is 4.05. The second kappa shape index (κ2) is 6.13. The third-order valence-electron chi connectivity index (χ3n) is 4.34. The Hall–Kier alpha value is -2.09. The minimum Gasteiger partial charge on any atom is -0.497 e. The fourth-order valence-electron chi connectivity index (χ4n) is 3.09. The lowest BCUT2D eigenvalue weighted by atomic mass is 9.80. The summed E-state index contributed by atoms with van der Waals surface area (Å²) < 4.78 is 5.24. The summed E-state index contributed by atoms with van der Waals surface area (Å²) in [4.78, 5) is 12.6. The monoisotopic (exact) mass is 280 g/mol. The second-order valence-electron chi connectivity index (χ2n) is 5.65. The highest BCUT2D eigenvalue weighted by Crippen LogP contribution is 2.30. The van der Waals surface area contributed by atoms with Gasteiger partial charge in [-0.05, 0) is 55.0 Å². The van der Waals surface area contributed by atoms with Crippen LogP contribution in [0.5, 0.6) is 5.75 Å². The summed E-state index contributed by atoms with van der Waals surface area (Å²) in [7, 11) is 1.66. The summed E-state index contributed by atoms with van der Waals surface area (Å²) in [6.07, 6.45) is 3.83. The summed E-state index contributed by atoms with van der Waals surface area (Å²) in [5, 5.41) is 0. The van der Waals surface area contributed by atoms with E-state index in [9.17, 15) is 4.79 Å². The molecule has 0 spiro atoms. The van der Waals surface area contributed by atoms with Crippen molar-refractivity contribution in [1.29, 1.82) is 0 Å². The van der Waals surface area contributed by atoms with Gasteiger partial charge in [0.25, 0.3) is 0 Å². The molecule has 1 aliphatic carbocycles. The number of hydrogen-bond acceptors (Lipinski definition) is 2. The number of methoxy groups -OCH3 is 1. The predicted molar refractivity (Wildman–Crippen MR) is 83.9 cm³/mol. The second-order valence-corrected chi connectivity index (χ2v) is 5.65. The molecule has 0 saturated carbocycles. The van der Waals surface area contributed by atoms with Gasteiger partial charge in [-0.15, -0.1) is 0 Å². The van der Waals surface area contributed by atoms with Crippen molar-refractivity contribution in [3.63, 3.8) is 0 Å². The molecule has 2 aromatic carbocycles. The maximum Gasteiger partial charge on any atom is 0.166 e. The largest absolute Gasteiger partial charge is 0.497 e. The number of carbonyl (C=O) groups excluding carboxylic acids is 1. The van der Waals surface area contributed by atoms with E-state index in [1.165, 1.54) is 5.56 Å². The number of fused-ring (bicyclic) bond motifs is 1. The fourth-order valence-corrected chi connectivity index (χ4v) is 3.09. The smallest absolute Gasteiger partial charge is 0.166 e. The van der Waals surface area contributed by atoms with Gasteiger partial charge in [0.15, 0.2) is 5.78 Å². The van der Waals surface area contributed by atoms with Crippen LogP contribution in [0.1, 0.15) is 34.3 Å². The lowest BCUT2D eigenvalue weighted by Gasteiger charge is -2.23. The molecule has 0 amide bonds. The minimum atomic E-state index is 0.158. The molecule has 2 nitrogen and oxygen atoms in total. The Balaban J connectivity index is 1.70. The van der Waals surface area contributed by atoms with Gasteiger partial charge >= 0.3 is 0 Å². The van der Waals surface area contributed by atoms with Gasteiger partial charge in [-0.3, -0.25) is 4.79 Å². The van der Waals surface area contributed by atoms with Crippen LogP contribution in [0.2, 0.25) is 0 Å². The quantitative estimate of drug-likeness (QED) is 0.843. The van der Waals surface area contributed by atoms with Crippen molar-refractivity contribution in [2.24, 2.45) is 5.92 Å². The van der Waals surface area contributed by atoms with Crippen LogP contribution >= 0.6 is 0 Å². The normalized spacial score (nSPS) is 17.4. The van der Waals surface area contributed by atoms with Crippen molar-refractivity contribution in [3.05, 3.63) is 65.2 Å². The average Bonchev–Trinajstić information content (AvgIpc) is 2.55. The molecule has 2 aromatic rings. The number of rotatable bonds is 4. The molecule has 0 radical (unpaired) electrons. The van der Waals surface area contributed by atoms with Crippen molar-refractivity contribution in [1.82, 2.24) is 0 Å². The van der Waals surface area contributed by atoms with E-state index in [4.69, 9.17) is 4.74 Å². The Morgan fingerprint density at radius 2 is 1.95 bits per heavy atom. The number of hydrogen-bond donors (Lipinski definition) is 0. The van der Waals surface area contributed by atoms with E-state index in [-0.39, 0.29) is 5.92 Å². The molecule has 0 fully saturated rings. The van der Waals surface area contributed by atoms with E-state index >= 15 is 0 Å². The predicted octanol–water partition coefficient (Wildman–Crippen LogP) is 4.07. The van der Waals surface area contributed by atoms with Crippen LogP contribution in [0.15, 0.2) is 48.5 Å². The first-order valence-electron chi connectivity index (χ1n) is 7.53. The number of carbonyl (C=O) groups is 1. The lowest BCUT2D eigenvalue weighted by molar-refractivity contribution is 0.0895. The van der Waals surface area contributed by atoms with E-state index in [1.54, 1.807) is 7.11 Å². The molecule has 0 aromatic heterocycles. The first-order valence-corrected chi connectivity index (χ1v) is 7.53. The zero-order valence-corrected chi connectivity index (χ0v) is 12.3. The topological polar surface area (TPSA) is 26.3 Å². The van der Waals surface area contributed by atoms with Gasteiger partial charge in [-0.2, -0.15) is 0 Å². The molecule has 0 heterocycles. The number of benzene rings is 2. The maximum absolute atomic E-state index is 12.6.